The molecule has 8 heteroatoms. The summed E-state index contributed by atoms with van der Waals surface area (Å²) in [6, 6.07) is 1.20. The summed E-state index contributed by atoms with van der Waals surface area (Å²) in [7, 11) is 0. The van der Waals surface area contributed by atoms with Crippen LogP contribution >= 0.6 is 0 Å². The Morgan fingerprint density at radius 2 is 1.79 bits per heavy atom. The lowest BCUT2D eigenvalue weighted by Crippen LogP contribution is -2.55. The first-order chi connectivity index (χ1) is 13.5. The van der Waals surface area contributed by atoms with Crippen LogP contribution in [0.25, 0.3) is 0 Å². The Hall–Kier alpha value is -2.48. The number of carbonyl (C=O) groups is 3. The number of piperidine rings is 1. The summed E-state index contributed by atoms with van der Waals surface area (Å²) in [4.78, 5) is 50.9. The predicted octanol–water partition coefficient (Wildman–Crippen LogP) is 0.314. The van der Waals surface area contributed by atoms with Crippen LogP contribution in [0, 0.1) is 5.41 Å². The molecule has 5 rings (SSSR count). The van der Waals surface area contributed by atoms with Gasteiger partial charge >= 0.3 is 0 Å². The molecule has 28 heavy (non-hydrogen) atoms. The molecule has 1 atom stereocenters. The first kappa shape index (κ1) is 17.6. The zero-order valence-corrected chi connectivity index (χ0v) is 15.7. The lowest BCUT2D eigenvalue weighted by Gasteiger charge is -2.47. The summed E-state index contributed by atoms with van der Waals surface area (Å²) in [5, 5.41) is 5.64. The summed E-state index contributed by atoms with van der Waals surface area (Å²) >= 11 is 0. The van der Waals surface area contributed by atoms with Crippen molar-refractivity contribution in [2.45, 2.75) is 57.2 Å². The fourth-order valence-corrected chi connectivity index (χ4v) is 5.19. The van der Waals surface area contributed by atoms with Gasteiger partial charge in [-0.3, -0.25) is 24.5 Å². The largest absolute Gasteiger partial charge is 0.322 e. The maximum atomic E-state index is 13.1. The molecule has 1 aliphatic carbocycles. The maximum absolute atomic E-state index is 13.1. The molecule has 0 aromatic carbocycles. The number of hydrogen-bond donors (Lipinski definition) is 2. The standard InChI is InChI=1S/C20H24N4O4/c25-16-2-1-15(17(26)22-16)24-9-14-13(18(24)27)5-8-23(19(14)28)12-3-6-20(7-4-12)10-21-11-20/h5,8,12,15,21H,1-4,6-7,9-11H2,(H,22,25,26)/t15-/m0/s1. The van der Waals surface area contributed by atoms with Gasteiger partial charge in [-0.05, 0) is 43.6 Å². The summed E-state index contributed by atoms with van der Waals surface area (Å²) in [6.07, 6.45) is 6.45. The molecule has 148 valence electrons. The van der Waals surface area contributed by atoms with Gasteiger partial charge in [-0.2, -0.15) is 0 Å². The van der Waals surface area contributed by atoms with Crippen LogP contribution in [-0.4, -0.2) is 46.3 Å². The van der Waals surface area contributed by atoms with E-state index in [1.54, 1.807) is 16.8 Å². The Kier molecular flexibility index (Phi) is 3.94. The highest BCUT2D eigenvalue weighted by atomic mass is 16.2. The van der Waals surface area contributed by atoms with Gasteiger partial charge in [-0.25, -0.2) is 0 Å². The average Bonchev–Trinajstić information content (AvgIpc) is 2.99. The number of pyridine rings is 1. The van der Waals surface area contributed by atoms with Crippen molar-refractivity contribution in [2.75, 3.05) is 13.1 Å². The predicted molar refractivity (Wildman–Crippen MR) is 99.6 cm³/mol. The number of carbonyl (C=O) groups excluding carboxylic acids is 3. The minimum atomic E-state index is -0.689. The third-order valence-corrected chi connectivity index (χ3v) is 7.03. The molecule has 1 aromatic heterocycles. The van der Waals surface area contributed by atoms with E-state index in [-0.39, 0.29) is 36.4 Å². The van der Waals surface area contributed by atoms with E-state index < -0.39 is 11.9 Å². The Bertz CT molecular complexity index is 923. The van der Waals surface area contributed by atoms with Crippen LogP contribution in [0.4, 0.5) is 0 Å². The molecule has 4 aliphatic rings. The van der Waals surface area contributed by atoms with Crippen LogP contribution in [0.2, 0.25) is 0 Å². The second-order valence-electron chi connectivity index (χ2n) is 8.66. The van der Waals surface area contributed by atoms with Crippen LogP contribution in [0.1, 0.15) is 60.5 Å². The smallest absolute Gasteiger partial charge is 0.256 e. The SMILES string of the molecule is O=C1CC[C@H](N2Cc3c(ccn(C4CCC5(CC4)CNC5)c3=O)C2=O)C(=O)N1. The van der Waals surface area contributed by atoms with Crippen molar-refractivity contribution >= 4 is 17.7 Å². The molecule has 2 N–H and O–H groups in total. The average molecular weight is 384 g/mol. The van der Waals surface area contributed by atoms with E-state index in [2.05, 4.69) is 10.6 Å². The highest BCUT2D eigenvalue weighted by Gasteiger charge is 2.42. The molecule has 0 bridgehead atoms. The zero-order chi connectivity index (χ0) is 19.5. The number of nitrogens with zero attached hydrogens (tertiary/aromatic N) is 2. The number of hydrogen-bond acceptors (Lipinski definition) is 5. The number of imide groups is 1. The van der Waals surface area contributed by atoms with Crippen LogP contribution in [0.3, 0.4) is 0 Å². The number of rotatable bonds is 2. The minimum absolute atomic E-state index is 0.117. The minimum Gasteiger partial charge on any atom is -0.322 e. The van der Waals surface area contributed by atoms with E-state index in [1.165, 1.54) is 4.90 Å². The molecule has 2 saturated heterocycles. The second kappa shape index (κ2) is 6.27. The molecule has 3 aliphatic heterocycles. The van der Waals surface area contributed by atoms with Gasteiger partial charge in [0.2, 0.25) is 11.8 Å². The molecule has 3 amide bonds. The fourth-order valence-electron chi connectivity index (χ4n) is 5.19. The van der Waals surface area contributed by atoms with Crippen molar-refractivity contribution < 1.29 is 14.4 Å². The Balaban J connectivity index is 1.38. The topological polar surface area (TPSA) is 101 Å². The van der Waals surface area contributed by atoms with Gasteiger partial charge in [0, 0.05) is 37.3 Å². The highest BCUT2D eigenvalue weighted by Crippen LogP contribution is 2.43. The first-order valence-electron chi connectivity index (χ1n) is 10.1. The van der Waals surface area contributed by atoms with Crippen LogP contribution in [0.15, 0.2) is 17.1 Å². The summed E-state index contributed by atoms with van der Waals surface area (Å²) in [6.45, 7) is 2.29. The molecular weight excluding hydrogens is 360 g/mol. The molecule has 1 spiro atoms. The van der Waals surface area contributed by atoms with E-state index in [9.17, 15) is 19.2 Å². The third-order valence-electron chi connectivity index (χ3n) is 7.03. The Labute approximate surface area is 162 Å². The van der Waals surface area contributed by atoms with E-state index >= 15 is 0 Å². The normalized spacial score (nSPS) is 26.9. The van der Waals surface area contributed by atoms with Crippen molar-refractivity contribution in [2.24, 2.45) is 5.41 Å². The second-order valence-corrected chi connectivity index (χ2v) is 8.66. The zero-order valence-electron chi connectivity index (χ0n) is 15.7. The number of nitrogens with one attached hydrogen (secondary N) is 2. The lowest BCUT2D eigenvalue weighted by molar-refractivity contribution is -0.136. The van der Waals surface area contributed by atoms with Gasteiger partial charge in [0.1, 0.15) is 6.04 Å². The van der Waals surface area contributed by atoms with E-state index in [0.29, 0.717) is 23.0 Å². The van der Waals surface area contributed by atoms with Crippen LogP contribution < -0.4 is 16.2 Å². The molecule has 3 fully saturated rings. The van der Waals surface area contributed by atoms with E-state index in [1.807, 2.05) is 0 Å². The summed E-state index contributed by atoms with van der Waals surface area (Å²) in [5.74, 6) is -1.06. The number of fused-ring (bicyclic) bond motifs is 1. The molecule has 1 aromatic rings. The van der Waals surface area contributed by atoms with Crippen molar-refractivity contribution in [1.29, 1.82) is 0 Å². The Morgan fingerprint density at radius 1 is 1.04 bits per heavy atom. The van der Waals surface area contributed by atoms with Crippen molar-refractivity contribution in [3.05, 3.63) is 33.7 Å². The van der Waals surface area contributed by atoms with Gasteiger partial charge in [0.25, 0.3) is 11.5 Å². The fraction of sp³-hybridized carbons (Fsp3) is 0.600. The Morgan fingerprint density at radius 3 is 2.43 bits per heavy atom. The highest BCUT2D eigenvalue weighted by molar-refractivity contribution is 6.05. The van der Waals surface area contributed by atoms with Crippen molar-refractivity contribution in [1.82, 2.24) is 20.1 Å². The van der Waals surface area contributed by atoms with Crippen molar-refractivity contribution in [3.8, 4) is 0 Å². The number of amides is 3. The number of aromatic nitrogens is 1. The maximum Gasteiger partial charge on any atom is 0.256 e. The molecule has 0 unspecified atom stereocenters. The summed E-state index contributed by atoms with van der Waals surface area (Å²) < 4.78 is 1.79. The van der Waals surface area contributed by atoms with Gasteiger partial charge in [-0.15, -0.1) is 0 Å². The van der Waals surface area contributed by atoms with Gasteiger partial charge in [0.05, 0.1) is 12.1 Å². The van der Waals surface area contributed by atoms with Gasteiger partial charge in [-0.1, -0.05) is 0 Å². The molecular formula is C20H24N4O4. The quantitative estimate of drug-likeness (QED) is 0.715. The van der Waals surface area contributed by atoms with Crippen LogP contribution in [-0.2, 0) is 16.1 Å². The molecule has 1 saturated carbocycles. The van der Waals surface area contributed by atoms with Crippen LogP contribution in [0.5, 0.6) is 0 Å². The monoisotopic (exact) mass is 384 g/mol. The molecule has 0 radical (unpaired) electrons. The van der Waals surface area contributed by atoms with Gasteiger partial charge in [0.15, 0.2) is 0 Å². The van der Waals surface area contributed by atoms with E-state index in [4.69, 9.17) is 0 Å². The first-order valence-corrected chi connectivity index (χ1v) is 10.1. The third kappa shape index (κ3) is 2.62. The summed E-state index contributed by atoms with van der Waals surface area (Å²) in [5.41, 5.74) is 1.17. The van der Waals surface area contributed by atoms with E-state index in [0.717, 1.165) is 38.8 Å². The van der Waals surface area contributed by atoms with Gasteiger partial charge < -0.3 is 14.8 Å². The molecule has 8 nitrogen and oxygen atoms in total. The van der Waals surface area contributed by atoms with Crippen molar-refractivity contribution in [3.63, 3.8) is 0 Å². The lowest BCUT2D eigenvalue weighted by atomic mass is 9.68. The molecule has 4 heterocycles.